The van der Waals surface area contributed by atoms with Crippen LogP contribution in [0.4, 0.5) is 0 Å². The van der Waals surface area contributed by atoms with Crippen molar-refractivity contribution in [1.82, 2.24) is 9.80 Å². The van der Waals surface area contributed by atoms with Gasteiger partial charge in [0, 0.05) is 60.6 Å². The molecule has 0 rings (SSSR count). The Balaban J connectivity index is 4.57. The predicted octanol–water partition coefficient (Wildman–Crippen LogP) is 1.90. The number of hydrogen-bond acceptors (Lipinski definition) is 4. The third-order valence-corrected chi connectivity index (χ3v) is 5.94. The molecule has 21 heavy (non-hydrogen) atoms. The minimum atomic E-state index is -2.52. The van der Waals surface area contributed by atoms with E-state index in [1.165, 1.54) is 0 Å². The average molecular weight is 320 g/mol. The Kier molecular flexibility index (Phi) is 10.7. The van der Waals surface area contributed by atoms with Gasteiger partial charge in [-0.2, -0.15) is 0 Å². The highest BCUT2D eigenvalue weighted by atomic mass is 28.4. The molecule has 0 aliphatic heterocycles. The van der Waals surface area contributed by atoms with Crippen LogP contribution in [0.25, 0.3) is 0 Å². The van der Waals surface area contributed by atoms with E-state index in [0.29, 0.717) is 19.8 Å². The van der Waals surface area contributed by atoms with Crippen LogP contribution in [-0.2, 0) is 13.3 Å². The van der Waals surface area contributed by atoms with Crippen LogP contribution in [0, 0.1) is 0 Å². The molecule has 0 aliphatic carbocycles. The zero-order valence-electron chi connectivity index (χ0n) is 14.8. The maximum atomic E-state index is 5.84. The highest BCUT2D eigenvalue weighted by Crippen LogP contribution is 2.18. The molecule has 0 heterocycles. The molecule has 0 bridgehead atoms. The first-order valence-electron chi connectivity index (χ1n) is 7.73. The largest absolute Gasteiger partial charge is 0.500 e. The van der Waals surface area contributed by atoms with Crippen molar-refractivity contribution in [3.05, 3.63) is 0 Å². The van der Waals surface area contributed by atoms with Crippen LogP contribution in [0.3, 0.4) is 0 Å². The quantitative estimate of drug-likeness (QED) is 0.266. The van der Waals surface area contributed by atoms with Gasteiger partial charge in [0.2, 0.25) is 0 Å². The second-order valence-electron chi connectivity index (χ2n) is 5.06. The topological polar surface area (TPSA) is 46.5 Å². The predicted molar refractivity (Wildman–Crippen MR) is 89.7 cm³/mol. The minimum Gasteiger partial charge on any atom is -0.374 e. The number of guanidine groups is 1. The lowest BCUT2D eigenvalue weighted by Crippen LogP contribution is -2.46. The van der Waals surface area contributed by atoms with Gasteiger partial charge in [0.05, 0.1) is 0 Å². The van der Waals surface area contributed by atoms with Crippen molar-refractivity contribution in [2.75, 3.05) is 54.6 Å². The van der Waals surface area contributed by atoms with Gasteiger partial charge in [-0.05, 0) is 27.2 Å². The van der Waals surface area contributed by atoms with Crippen LogP contribution in [0.2, 0.25) is 6.04 Å². The van der Waals surface area contributed by atoms with Crippen LogP contribution >= 0.6 is 0 Å². The second kappa shape index (κ2) is 11.0. The summed E-state index contributed by atoms with van der Waals surface area (Å²) in [5.41, 5.74) is 0. The molecule has 0 unspecified atom stereocenters. The highest BCUT2D eigenvalue weighted by Gasteiger charge is 2.39. The van der Waals surface area contributed by atoms with Crippen LogP contribution < -0.4 is 0 Å². The molecule has 7 heteroatoms. The number of rotatable bonds is 10. The van der Waals surface area contributed by atoms with Gasteiger partial charge in [-0.3, -0.25) is 4.99 Å². The van der Waals surface area contributed by atoms with Gasteiger partial charge >= 0.3 is 8.80 Å². The van der Waals surface area contributed by atoms with E-state index in [1.54, 1.807) is 0 Å². The van der Waals surface area contributed by atoms with Crippen molar-refractivity contribution in [1.29, 1.82) is 0 Å². The van der Waals surface area contributed by atoms with Crippen LogP contribution in [0.15, 0.2) is 4.99 Å². The van der Waals surface area contributed by atoms with Gasteiger partial charge in [0.25, 0.3) is 0 Å². The molecule has 0 aromatic rings. The molecule has 0 saturated heterocycles. The average Bonchev–Trinajstić information content (AvgIpc) is 2.38. The van der Waals surface area contributed by atoms with Gasteiger partial charge in [0.15, 0.2) is 5.96 Å². The van der Waals surface area contributed by atoms with Gasteiger partial charge < -0.3 is 23.1 Å². The van der Waals surface area contributed by atoms with Crippen LogP contribution in [0.5, 0.6) is 0 Å². The summed E-state index contributed by atoms with van der Waals surface area (Å²) in [4.78, 5) is 8.65. The summed E-state index contributed by atoms with van der Waals surface area (Å²) in [5, 5.41) is 0. The van der Waals surface area contributed by atoms with Crippen molar-refractivity contribution in [2.45, 2.75) is 33.2 Å². The van der Waals surface area contributed by atoms with E-state index in [1.807, 2.05) is 58.8 Å². The number of aliphatic imine (C=N–C) groups is 1. The molecule has 0 radical (unpaired) electrons. The first kappa shape index (κ1) is 20.4. The molecule has 0 N–H and O–H groups in total. The molecule has 0 fully saturated rings. The van der Waals surface area contributed by atoms with Gasteiger partial charge in [0.1, 0.15) is 0 Å². The van der Waals surface area contributed by atoms with E-state index in [0.717, 1.165) is 25.0 Å². The van der Waals surface area contributed by atoms with E-state index in [2.05, 4.69) is 4.99 Å². The fourth-order valence-corrected chi connectivity index (χ4v) is 4.75. The summed E-state index contributed by atoms with van der Waals surface area (Å²) in [6.45, 7) is 8.55. The van der Waals surface area contributed by atoms with E-state index < -0.39 is 8.80 Å². The molecule has 0 aliphatic rings. The summed E-state index contributed by atoms with van der Waals surface area (Å²) in [5.74, 6) is 0.964. The Hall–Kier alpha value is -0.633. The highest BCUT2D eigenvalue weighted by molar-refractivity contribution is 6.60. The van der Waals surface area contributed by atoms with Crippen LogP contribution in [-0.4, -0.2) is 79.1 Å². The molecule has 0 saturated carbocycles. The summed E-state index contributed by atoms with van der Waals surface area (Å²) >= 11 is 0. The van der Waals surface area contributed by atoms with Gasteiger partial charge in [-0.25, -0.2) is 0 Å². The van der Waals surface area contributed by atoms with Gasteiger partial charge in [-0.1, -0.05) is 0 Å². The monoisotopic (exact) mass is 319 g/mol. The molecular formula is C14H33N3O3Si. The first-order chi connectivity index (χ1) is 9.92. The Labute approximate surface area is 131 Å². The van der Waals surface area contributed by atoms with Crippen molar-refractivity contribution in [2.24, 2.45) is 4.99 Å². The third-order valence-electron chi connectivity index (χ3n) is 2.79. The molecule has 0 amide bonds. The molecule has 0 aromatic heterocycles. The summed E-state index contributed by atoms with van der Waals surface area (Å²) < 4.78 is 17.5. The standard InChI is InChI=1S/C14H33N3O3Si/c1-8-18-21(19-9-2,20-10-3)13-11-12-15-14(16(4)5)17(6)7/h8-13H2,1-7H3. The third kappa shape index (κ3) is 7.80. The van der Waals surface area contributed by atoms with Gasteiger partial charge in [-0.15, -0.1) is 0 Å². The normalized spacial score (nSPS) is 11.4. The van der Waals surface area contributed by atoms with Crippen molar-refractivity contribution in [3.8, 4) is 0 Å². The Morgan fingerprint density at radius 1 is 0.857 bits per heavy atom. The molecule has 6 nitrogen and oxygen atoms in total. The Bertz CT molecular complexity index is 272. The Morgan fingerprint density at radius 2 is 1.29 bits per heavy atom. The summed E-state index contributed by atoms with van der Waals surface area (Å²) in [6, 6.07) is 0.806. The lowest BCUT2D eigenvalue weighted by Gasteiger charge is -2.28. The maximum Gasteiger partial charge on any atom is 0.500 e. The fraction of sp³-hybridized carbons (Fsp3) is 0.929. The summed E-state index contributed by atoms with van der Waals surface area (Å²) in [6.07, 6.45) is 0.900. The molecular weight excluding hydrogens is 286 g/mol. The van der Waals surface area contributed by atoms with Crippen molar-refractivity contribution < 1.29 is 13.3 Å². The molecule has 0 spiro atoms. The second-order valence-corrected chi connectivity index (χ2v) is 7.79. The van der Waals surface area contributed by atoms with E-state index in [4.69, 9.17) is 13.3 Å². The molecule has 0 atom stereocenters. The zero-order chi connectivity index (χ0) is 16.3. The number of nitrogens with zero attached hydrogens (tertiary/aromatic N) is 3. The van der Waals surface area contributed by atoms with E-state index >= 15 is 0 Å². The van der Waals surface area contributed by atoms with E-state index in [9.17, 15) is 0 Å². The number of hydrogen-bond donors (Lipinski definition) is 0. The lowest BCUT2D eigenvalue weighted by atomic mass is 10.5. The Morgan fingerprint density at radius 3 is 1.62 bits per heavy atom. The van der Waals surface area contributed by atoms with E-state index in [-0.39, 0.29) is 0 Å². The zero-order valence-corrected chi connectivity index (χ0v) is 15.8. The van der Waals surface area contributed by atoms with Crippen molar-refractivity contribution in [3.63, 3.8) is 0 Å². The fourth-order valence-electron chi connectivity index (χ4n) is 2.16. The summed E-state index contributed by atoms with van der Waals surface area (Å²) in [7, 11) is 5.48. The molecule has 126 valence electrons. The maximum absolute atomic E-state index is 5.84. The lowest BCUT2D eigenvalue weighted by molar-refractivity contribution is 0.0710. The van der Waals surface area contributed by atoms with Crippen molar-refractivity contribution >= 4 is 14.8 Å². The SMILES string of the molecule is CCO[Si](CCCN=C(N(C)C)N(C)C)(OCC)OCC. The van der Waals surface area contributed by atoms with Crippen LogP contribution in [0.1, 0.15) is 27.2 Å². The minimum absolute atomic E-state index is 0.621. The first-order valence-corrected chi connectivity index (χ1v) is 9.66. The smallest absolute Gasteiger partial charge is 0.374 e. The molecule has 0 aromatic carbocycles.